The van der Waals surface area contributed by atoms with Crippen molar-refractivity contribution in [2.75, 3.05) is 0 Å². The van der Waals surface area contributed by atoms with Gasteiger partial charge in [-0.05, 0) is 65.8 Å². The maximum Gasteiger partial charge on any atom is 0.285 e. The Morgan fingerprint density at radius 1 is 1.03 bits per heavy atom. The lowest BCUT2D eigenvalue weighted by Crippen LogP contribution is -2.44. The fourth-order valence-corrected chi connectivity index (χ4v) is 4.18. The Bertz CT molecular complexity index is 1180. The third-order valence-electron chi connectivity index (χ3n) is 4.54. The first kappa shape index (κ1) is 22.1. The van der Waals surface area contributed by atoms with Gasteiger partial charge in [0, 0.05) is 10.6 Å². The maximum atomic E-state index is 12.7. The number of thioether (sulfide) groups is 1. The van der Waals surface area contributed by atoms with Crippen molar-refractivity contribution in [1.82, 2.24) is 10.4 Å². The van der Waals surface area contributed by atoms with Crippen molar-refractivity contribution < 1.29 is 14.3 Å². The van der Waals surface area contributed by atoms with Crippen LogP contribution in [0, 0.1) is 0 Å². The summed E-state index contributed by atoms with van der Waals surface area (Å²) in [6.45, 7) is 0.427. The van der Waals surface area contributed by atoms with Gasteiger partial charge in [0.25, 0.3) is 11.8 Å². The Labute approximate surface area is 200 Å². The molecule has 3 aromatic rings. The van der Waals surface area contributed by atoms with Crippen LogP contribution in [0.5, 0.6) is 5.75 Å². The largest absolute Gasteiger partial charge is 0.489 e. The molecule has 5 nitrogen and oxygen atoms in total. The average molecular weight is 481 g/mol. The minimum absolute atomic E-state index is 0.272. The summed E-state index contributed by atoms with van der Waals surface area (Å²) in [4.78, 5) is 25.5. The Hall–Kier alpha value is -3.13. The van der Waals surface area contributed by atoms with Crippen molar-refractivity contribution in [2.45, 2.75) is 6.61 Å². The van der Waals surface area contributed by atoms with Crippen LogP contribution in [0.2, 0.25) is 5.02 Å². The molecule has 4 rings (SSSR count). The molecular weight excluding hydrogens is 464 g/mol. The Morgan fingerprint density at radius 2 is 1.72 bits per heavy atom. The van der Waals surface area contributed by atoms with Gasteiger partial charge in [-0.2, -0.15) is 5.01 Å². The summed E-state index contributed by atoms with van der Waals surface area (Å²) in [6.07, 6.45) is 1.73. The number of carbonyl (C=O) groups excluding carboxylic acids is 2. The number of nitrogens with zero attached hydrogens (tertiary/aromatic N) is 1. The molecule has 1 N–H and O–H groups in total. The molecule has 32 heavy (non-hydrogen) atoms. The van der Waals surface area contributed by atoms with Gasteiger partial charge >= 0.3 is 0 Å². The van der Waals surface area contributed by atoms with Crippen molar-refractivity contribution >= 4 is 57.8 Å². The van der Waals surface area contributed by atoms with E-state index in [2.05, 4.69) is 5.43 Å². The predicted molar refractivity (Wildman–Crippen MR) is 131 cm³/mol. The Morgan fingerprint density at radius 3 is 2.41 bits per heavy atom. The summed E-state index contributed by atoms with van der Waals surface area (Å²) in [5.74, 6) is -0.0579. The molecule has 0 unspecified atom stereocenters. The first-order valence-electron chi connectivity index (χ1n) is 9.61. The SMILES string of the molecule is O=C(NN1C(=O)/C(=C/c2ccc(OCc3ccc(Cl)cc3)cc2)SC1=S)c1ccccc1. The van der Waals surface area contributed by atoms with Crippen LogP contribution in [0.25, 0.3) is 6.08 Å². The summed E-state index contributed by atoms with van der Waals surface area (Å²) < 4.78 is 6.06. The smallest absolute Gasteiger partial charge is 0.285 e. The van der Waals surface area contributed by atoms with E-state index >= 15 is 0 Å². The molecule has 0 saturated carbocycles. The Kier molecular flexibility index (Phi) is 6.90. The van der Waals surface area contributed by atoms with Gasteiger partial charge in [0.05, 0.1) is 4.91 Å². The zero-order valence-electron chi connectivity index (χ0n) is 16.7. The van der Waals surface area contributed by atoms with E-state index in [1.807, 2.05) is 54.6 Å². The second-order valence-corrected chi connectivity index (χ2v) is 8.92. The molecule has 160 valence electrons. The van der Waals surface area contributed by atoms with Gasteiger partial charge in [-0.3, -0.25) is 15.0 Å². The van der Waals surface area contributed by atoms with Crippen molar-refractivity contribution in [3.63, 3.8) is 0 Å². The highest BCUT2D eigenvalue weighted by molar-refractivity contribution is 8.26. The van der Waals surface area contributed by atoms with Crippen LogP contribution in [-0.2, 0) is 11.4 Å². The summed E-state index contributed by atoms with van der Waals surface area (Å²) in [5.41, 5.74) is 4.85. The van der Waals surface area contributed by atoms with E-state index in [-0.39, 0.29) is 10.2 Å². The second kappa shape index (κ2) is 9.99. The minimum Gasteiger partial charge on any atom is -0.489 e. The van der Waals surface area contributed by atoms with Crippen molar-refractivity contribution in [1.29, 1.82) is 0 Å². The number of hydrogen-bond donors (Lipinski definition) is 1. The van der Waals surface area contributed by atoms with Gasteiger partial charge in [-0.15, -0.1) is 0 Å². The van der Waals surface area contributed by atoms with Crippen molar-refractivity contribution in [3.8, 4) is 5.75 Å². The highest BCUT2D eigenvalue weighted by Crippen LogP contribution is 2.31. The zero-order valence-corrected chi connectivity index (χ0v) is 19.0. The van der Waals surface area contributed by atoms with E-state index in [9.17, 15) is 9.59 Å². The summed E-state index contributed by atoms with van der Waals surface area (Å²) in [7, 11) is 0. The number of halogens is 1. The molecule has 2 amide bonds. The molecule has 1 heterocycles. The van der Waals surface area contributed by atoms with Crippen LogP contribution in [0.15, 0.2) is 83.8 Å². The number of ether oxygens (including phenoxy) is 1. The van der Waals surface area contributed by atoms with E-state index in [1.165, 1.54) is 0 Å². The third kappa shape index (κ3) is 5.37. The van der Waals surface area contributed by atoms with Crippen LogP contribution in [0.4, 0.5) is 0 Å². The molecule has 0 aromatic heterocycles. The highest BCUT2D eigenvalue weighted by Gasteiger charge is 2.33. The number of rotatable bonds is 6. The first-order chi connectivity index (χ1) is 15.5. The average Bonchev–Trinajstić information content (AvgIpc) is 3.07. The van der Waals surface area contributed by atoms with Gasteiger partial charge in [0.2, 0.25) is 0 Å². The minimum atomic E-state index is -0.398. The van der Waals surface area contributed by atoms with E-state index in [1.54, 1.807) is 30.3 Å². The van der Waals surface area contributed by atoms with Gasteiger partial charge in [-0.25, -0.2) is 0 Å². The fourth-order valence-electron chi connectivity index (χ4n) is 2.88. The molecule has 0 aliphatic carbocycles. The van der Waals surface area contributed by atoms with E-state index in [0.717, 1.165) is 27.9 Å². The summed E-state index contributed by atoms with van der Waals surface area (Å²) in [6, 6.07) is 23.5. The van der Waals surface area contributed by atoms with Gasteiger partial charge < -0.3 is 4.74 Å². The number of carbonyl (C=O) groups is 2. The van der Waals surface area contributed by atoms with E-state index in [0.29, 0.717) is 27.8 Å². The van der Waals surface area contributed by atoms with E-state index in [4.69, 9.17) is 28.6 Å². The van der Waals surface area contributed by atoms with Gasteiger partial charge in [0.15, 0.2) is 4.32 Å². The van der Waals surface area contributed by atoms with Crippen molar-refractivity contribution in [2.24, 2.45) is 0 Å². The molecule has 8 heteroatoms. The monoisotopic (exact) mass is 480 g/mol. The number of amides is 2. The molecule has 1 aliphatic heterocycles. The maximum absolute atomic E-state index is 12.7. The molecule has 0 bridgehead atoms. The number of hydrogen-bond acceptors (Lipinski definition) is 5. The fraction of sp³-hybridized carbons (Fsp3) is 0.0417. The molecule has 3 aromatic carbocycles. The van der Waals surface area contributed by atoms with Crippen LogP contribution in [0.3, 0.4) is 0 Å². The van der Waals surface area contributed by atoms with E-state index < -0.39 is 5.91 Å². The number of hydrazine groups is 1. The first-order valence-corrected chi connectivity index (χ1v) is 11.2. The molecule has 0 spiro atoms. The van der Waals surface area contributed by atoms with Crippen molar-refractivity contribution in [3.05, 3.63) is 105 Å². The van der Waals surface area contributed by atoms with Gasteiger partial charge in [-0.1, -0.05) is 65.8 Å². The Balaban J connectivity index is 1.39. The predicted octanol–water partition coefficient (Wildman–Crippen LogP) is 5.47. The lowest BCUT2D eigenvalue weighted by Gasteiger charge is -2.15. The van der Waals surface area contributed by atoms with Crippen LogP contribution in [-0.4, -0.2) is 21.1 Å². The number of nitrogens with one attached hydrogen (secondary N) is 1. The molecule has 1 fully saturated rings. The number of benzene rings is 3. The quantitative estimate of drug-likeness (QED) is 0.374. The molecule has 0 radical (unpaired) electrons. The number of thiocarbonyl (C=S) groups is 1. The normalized spacial score (nSPS) is 14.7. The molecule has 0 atom stereocenters. The summed E-state index contributed by atoms with van der Waals surface area (Å²) >= 11 is 12.3. The molecular formula is C24H17ClN2O3S2. The lowest BCUT2D eigenvalue weighted by molar-refractivity contribution is -0.123. The van der Waals surface area contributed by atoms with Crippen LogP contribution >= 0.6 is 35.6 Å². The lowest BCUT2D eigenvalue weighted by atomic mass is 10.2. The van der Waals surface area contributed by atoms with Gasteiger partial charge in [0.1, 0.15) is 12.4 Å². The summed E-state index contributed by atoms with van der Waals surface area (Å²) in [5, 5.41) is 1.79. The van der Waals surface area contributed by atoms with Crippen LogP contribution < -0.4 is 10.2 Å². The van der Waals surface area contributed by atoms with Crippen LogP contribution in [0.1, 0.15) is 21.5 Å². The topological polar surface area (TPSA) is 58.6 Å². The highest BCUT2D eigenvalue weighted by atomic mass is 35.5. The molecule has 1 aliphatic rings. The zero-order chi connectivity index (χ0) is 22.5. The second-order valence-electron chi connectivity index (χ2n) is 6.81. The molecule has 1 saturated heterocycles. The third-order valence-corrected chi connectivity index (χ3v) is 6.09. The standard InChI is InChI=1S/C24H17ClN2O3S2/c25-19-10-6-17(7-11-19)15-30-20-12-8-16(9-13-20)14-21-23(29)27(24(31)32-21)26-22(28)18-4-2-1-3-5-18/h1-14H,15H2,(H,26,28)/b21-14-.